The number of amides is 4. The number of rotatable bonds is 10. The average molecular weight is 558 g/mol. The van der Waals surface area contributed by atoms with Crippen molar-refractivity contribution in [3.05, 3.63) is 53.8 Å². The molecule has 1 aliphatic rings. The SMILES string of the molecule is C[C@@H]1CN([C@H](C)CO)C(=O)c2cc(NC(=O)CCCN(C)C)ccc2O[C@@H]1CN(C)C(=O)Nc1ccc(F)cc1. The van der Waals surface area contributed by atoms with E-state index in [4.69, 9.17) is 4.74 Å². The summed E-state index contributed by atoms with van der Waals surface area (Å²) >= 11 is 0. The van der Waals surface area contributed by atoms with Gasteiger partial charge < -0.3 is 35.2 Å². The van der Waals surface area contributed by atoms with Crippen LogP contribution in [0, 0.1) is 11.7 Å². The molecule has 1 aliphatic heterocycles. The van der Waals surface area contributed by atoms with E-state index >= 15 is 0 Å². The number of aliphatic hydroxyl groups excluding tert-OH is 1. The molecule has 0 fully saturated rings. The second-order valence-electron chi connectivity index (χ2n) is 10.6. The van der Waals surface area contributed by atoms with Crippen molar-refractivity contribution in [2.75, 3.05) is 58.0 Å². The Morgan fingerprint density at radius 1 is 1.12 bits per heavy atom. The van der Waals surface area contributed by atoms with Gasteiger partial charge in [-0.15, -0.1) is 0 Å². The molecule has 40 heavy (non-hydrogen) atoms. The van der Waals surface area contributed by atoms with Crippen LogP contribution in [0.3, 0.4) is 0 Å². The number of nitrogens with zero attached hydrogens (tertiary/aromatic N) is 3. The number of nitrogens with one attached hydrogen (secondary N) is 2. The van der Waals surface area contributed by atoms with Crippen LogP contribution in [-0.2, 0) is 4.79 Å². The number of carbonyl (C=O) groups excluding carboxylic acids is 3. The number of anilines is 2. The molecule has 3 atom stereocenters. The van der Waals surface area contributed by atoms with Crippen LogP contribution < -0.4 is 15.4 Å². The number of hydrogen-bond acceptors (Lipinski definition) is 6. The topological polar surface area (TPSA) is 114 Å². The number of benzene rings is 2. The maximum Gasteiger partial charge on any atom is 0.321 e. The average Bonchev–Trinajstić information content (AvgIpc) is 2.91. The lowest BCUT2D eigenvalue weighted by Crippen LogP contribution is -2.50. The summed E-state index contributed by atoms with van der Waals surface area (Å²) in [5.41, 5.74) is 1.20. The Morgan fingerprint density at radius 2 is 1.80 bits per heavy atom. The number of hydrogen-bond donors (Lipinski definition) is 3. The summed E-state index contributed by atoms with van der Waals surface area (Å²) in [6.45, 7) is 4.75. The van der Waals surface area contributed by atoms with Crippen molar-refractivity contribution in [3.8, 4) is 5.75 Å². The number of urea groups is 1. The van der Waals surface area contributed by atoms with Crippen LogP contribution >= 0.6 is 0 Å². The number of ether oxygens (including phenoxy) is 1. The lowest BCUT2D eigenvalue weighted by atomic mass is 9.99. The van der Waals surface area contributed by atoms with E-state index in [1.165, 1.54) is 29.2 Å². The summed E-state index contributed by atoms with van der Waals surface area (Å²) in [5.74, 6) is -0.724. The number of fused-ring (bicyclic) bond motifs is 1. The van der Waals surface area contributed by atoms with Crippen molar-refractivity contribution >= 4 is 29.2 Å². The minimum absolute atomic E-state index is 0.151. The van der Waals surface area contributed by atoms with E-state index in [1.54, 1.807) is 37.1 Å². The van der Waals surface area contributed by atoms with Crippen molar-refractivity contribution in [2.45, 2.75) is 38.8 Å². The van der Waals surface area contributed by atoms with E-state index in [1.807, 2.05) is 25.9 Å². The van der Waals surface area contributed by atoms with Crippen molar-refractivity contribution in [1.29, 1.82) is 0 Å². The number of carbonyl (C=O) groups is 3. The second-order valence-corrected chi connectivity index (χ2v) is 10.6. The third kappa shape index (κ3) is 8.40. The highest BCUT2D eigenvalue weighted by atomic mass is 19.1. The van der Waals surface area contributed by atoms with Crippen LogP contribution in [-0.4, -0.2) is 97.2 Å². The van der Waals surface area contributed by atoms with E-state index in [0.29, 0.717) is 36.5 Å². The zero-order valence-electron chi connectivity index (χ0n) is 23.8. The minimum atomic E-state index is -0.490. The van der Waals surface area contributed by atoms with E-state index in [2.05, 4.69) is 10.6 Å². The Labute approximate surface area is 235 Å². The van der Waals surface area contributed by atoms with Gasteiger partial charge in [0, 0.05) is 37.3 Å². The summed E-state index contributed by atoms with van der Waals surface area (Å²) in [4.78, 5) is 44.0. The molecule has 0 saturated carbocycles. The second kappa shape index (κ2) is 14.1. The molecule has 0 spiro atoms. The largest absolute Gasteiger partial charge is 0.487 e. The Balaban J connectivity index is 1.81. The molecule has 0 aromatic heterocycles. The van der Waals surface area contributed by atoms with Crippen LogP contribution in [0.1, 0.15) is 37.0 Å². The first-order valence-corrected chi connectivity index (χ1v) is 13.4. The van der Waals surface area contributed by atoms with Gasteiger partial charge in [0.15, 0.2) is 0 Å². The van der Waals surface area contributed by atoms with Gasteiger partial charge >= 0.3 is 6.03 Å². The molecule has 0 saturated heterocycles. The van der Waals surface area contributed by atoms with Crippen LogP contribution in [0.4, 0.5) is 20.6 Å². The zero-order valence-corrected chi connectivity index (χ0v) is 23.8. The van der Waals surface area contributed by atoms with Gasteiger partial charge in [-0.3, -0.25) is 9.59 Å². The molecule has 0 aliphatic carbocycles. The molecule has 3 N–H and O–H groups in total. The van der Waals surface area contributed by atoms with Gasteiger partial charge in [0.2, 0.25) is 5.91 Å². The van der Waals surface area contributed by atoms with Gasteiger partial charge in [0.25, 0.3) is 5.91 Å². The molecule has 3 rings (SSSR count). The monoisotopic (exact) mass is 557 g/mol. The third-order valence-electron chi connectivity index (χ3n) is 6.85. The maximum atomic E-state index is 13.6. The first kappa shape index (κ1) is 30.8. The van der Waals surface area contributed by atoms with Gasteiger partial charge in [0.1, 0.15) is 17.7 Å². The van der Waals surface area contributed by atoms with E-state index in [9.17, 15) is 23.9 Å². The van der Waals surface area contributed by atoms with Crippen LogP contribution in [0.2, 0.25) is 0 Å². The molecule has 0 unspecified atom stereocenters. The van der Waals surface area contributed by atoms with E-state index < -0.39 is 24.0 Å². The number of halogens is 1. The molecule has 1 heterocycles. The lowest BCUT2D eigenvalue weighted by molar-refractivity contribution is -0.116. The summed E-state index contributed by atoms with van der Waals surface area (Å²) in [6, 6.07) is 9.56. The number of likely N-dealkylation sites (N-methyl/N-ethyl adjacent to an activating group) is 1. The fourth-order valence-electron chi connectivity index (χ4n) is 4.40. The van der Waals surface area contributed by atoms with E-state index in [-0.39, 0.29) is 36.4 Å². The number of aliphatic hydroxyl groups is 1. The predicted molar refractivity (Wildman–Crippen MR) is 152 cm³/mol. The fraction of sp³-hybridized carbons (Fsp3) is 0.483. The van der Waals surface area contributed by atoms with Gasteiger partial charge in [-0.1, -0.05) is 6.92 Å². The summed E-state index contributed by atoms with van der Waals surface area (Å²) in [6.07, 6.45) is 0.560. The zero-order chi connectivity index (χ0) is 29.4. The minimum Gasteiger partial charge on any atom is -0.487 e. The molecular formula is C29H40FN5O5. The Morgan fingerprint density at radius 3 is 2.45 bits per heavy atom. The highest BCUT2D eigenvalue weighted by Gasteiger charge is 2.34. The van der Waals surface area contributed by atoms with Crippen molar-refractivity contribution in [1.82, 2.24) is 14.7 Å². The fourth-order valence-corrected chi connectivity index (χ4v) is 4.40. The quantitative estimate of drug-likeness (QED) is 0.412. The first-order chi connectivity index (χ1) is 19.0. The lowest BCUT2D eigenvalue weighted by Gasteiger charge is -2.38. The van der Waals surface area contributed by atoms with Crippen LogP contribution in [0.25, 0.3) is 0 Å². The molecule has 218 valence electrons. The van der Waals surface area contributed by atoms with Gasteiger partial charge in [-0.2, -0.15) is 0 Å². The maximum absolute atomic E-state index is 13.6. The normalized spacial score (nSPS) is 17.8. The van der Waals surface area contributed by atoms with Crippen molar-refractivity contribution < 1.29 is 28.6 Å². The molecule has 2 aromatic rings. The molecule has 0 radical (unpaired) electrons. The highest BCUT2D eigenvalue weighted by molar-refractivity contribution is 6.00. The molecule has 2 aromatic carbocycles. The van der Waals surface area contributed by atoms with Crippen molar-refractivity contribution in [3.63, 3.8) is 0 Å². The Kier molecular flexibility index (Phi) is 10.9. The molecule has 4 amide bonds. The first-order valence-electron chi connectivity index (χ1n) is 13.4. The summed E-state index contributed by atoms with van der Waals surface area (Å²) in [7, 11) is 5.52. The summed E-state index contributed by atoms with van der Waals surface area (Å²) < 4.78 is 19.5. The Hall–Kier alpha value is -3.70. The van der Waals surface area contributed by atoms with Gasteiger partial charge in [-0.25, -0.2) is 9.18 Å². The highest BCUT2D eigenvalue weighted by Crippen LogP contribution is 2.31. The molecule has 11 heteroatoms. The van der Waals surface area contributed by atoms with Gasteiger partial charge in [0.05, 0.1) is 24.8 Å². The third-order valence-corrected chi connectivity index (χ3v) is 6.85. The Bertz CT molecular complexity index is 1180. The smallest absolute Gasteiger partial charge is 0.321 e. The van der Waals surface area contributed by atoms with E-state index in [0.717, 1.165) is 6.54 Å². The molecular weight excluding hydrogens is 517 g/mol. The van der Waals surface area contributed by atoms with Gasteiger partial charge in [-0.05, 0) is 76.4 Å². The van der Waals surface area contributed by atoms with Crippen LogP contribution in [0.15, 0.2) is 42.5 Å². The van der Waals surface area contributed by atoms with Crippen molar-refractivity contribution in [2.24, 2.45) is 5.92 Å². The van der Waals surface area contributed by atoms with Crippen LogP contribution in [0.5, 0.6) is 5.75 Å². The standard InChI is InChI=1S/C29H40FN5O5/c1-19-16-35(20(2)18-36)28(38)24-15-23(31-27(37)7-6-14-33(3)4)12-13-25(24)40-26(19)17-34(5)29(39)32-22-10-8-21(30)9-11-22/h8-13,15,19-20,26,36H,6-7,14,16-18H2,1-5H3,(H,31,37)(H,32,39)/t19-,20-,26-/m1/s1. The molecule has 10 nitrogen and oxygen atoms in total. The molecule has 0 bridgehead atoms. The summed E-state index contributed by atoms with van der Waals surface area (Å²) in [5, 5.41) is 15.5. The predicted octanol–water partition coefficient (Wildman–Crippen LogP) is 3.49.